The third-order valence-electron chi connectivity index (χ3n) is 6.36. The molecule has 44 heavy (non-hydrogen) atoms. The molecule has 1 saturated carbocycles. The zero-order valence-electron chi connectivity index (χ0n) is 23.3. The lowest BCUT2D eigenvalue weighted by atomic mass is 10.2. The van der Waals surface area contributed by atoms with Gasteiger partial charge in [-0.05, 0) is 55.0 Å². The minimum absolute atomic E-state index is 0.00342. The molecule has 15 heteroatoms. The minimum atomic E-state index is -0.630. The molecule has 0 radical (unpaired) electrons. The third kappa shape index (κ3) is 7.18. The maximum Gasteiger partial charge on any atom is 0.319 e. The fourth-order valence-electron chi connectivity index (χ4n) is 4.21. The number of nitrogens with one attached hydrogen (secondary N) is 3. The molecule has 0 aliphatic heterocycles. The monoisotopic (exact) mass is 635 g/mol. The third-order valence-corrected chi connectivity index (χ3v) is 8.42. The van der Waals surface area contributed by atoms with E-state index >= 15 is 0 Å². The highest BCUT2D eigenvalue weighted by atomic mass is 32.1. The molecule has 0 saturated heterocycles. The van der Waals surface area contributed by atoms with Crippen molar-refractivity contribution in [1.82, 2.24) is 25.3 Å². The van der Waals surface area contributed by atoms with Crippen LogP contribution in [0.5, 0.6) is 11.5 Å². The molecule has 0 unspecified atom stereocenters. The Morgan fingerprint density at radius 2 is 1.98 bits per heavy atom. The fraction of sp³-hybridized carbons (Fsp3) is 0.241. The van der Waals surface area contributed by atoms with Crippen molar-refractivity contribution < 1.29 is 28.2 Å². The summed E-state index contributed by atoms with van der Waals surface area (Å²) in [6.45, 7) is 2.00. The number of benzene rings is 1. The van der Waals surface area contributed by atoms with E-state index < -0.39 is 5.82 Å². The Hall–Kier alpha value is -4.89. The number of pyridine rings is 1. The number of anilines is 2. The van der Waals surface area contributed by atoms with Crippen LogP contribution in [0.4, 0.5) is 19.9 Å². The van der Waals surface area contributed by atoms with Crippen LogP contribution in [0.25, 0.3) is 20.8 Å². The van der Waals surface area contributed by atoms with Gasteiger partial charge in [-0.3, -0.25) is 14.6 Å². The number of thiophene rings is 2. The maximum atomic E-state index is 14.9. The first-order chi connectivity index (χ1) is 21.3. The van der Waals surface area contributed by atoms with E-state index in [-0.39, 0.29) is 42.7 Å². The Balaban J connectivity index is 1.10. The van der Waals surface area contributed by atoms with Crippen molar-refractivity contribution in [3.63, 3.8) is 0 Å². The van der Waals surface area contributed by atoms with Gasteiger partial charge >= 0.3 is 12.0 Å². The average Bonchev–Trinajstić information content (AvgIpc) is 3.32. The number of amides is 3. The molecule has 3 amide bonds. The Bertz CT molecular complexity index is 1850. The van der Waals surface area contributed by atoms with Crippen LogP contribution >= 0.6 is 22.7 Å². The van der Waals surface area contributed by atoms with Crippen LogP contribution in [0.1, 0.15) is 25.3 Å². The number of nitrogens with zero attached hydrogens (tertiary/aromatic N) is 4. The van der Waals surface area contributed by atoms with Gasteiger partial charge < -0.3 is 25.4 Å². The van der Waals surface area contributed by atoms with Crippen molar-refractivity contribution in [1.29, 1.82) is 0 Å². The molecule has 6 rings (SSSR count). The van der Waals surface area contributed by atoms with Crippen LogP contribution in [0, 0.1) is 5.82 Å². The van der Waals surface area contributed by atoms with Gasteiger partial charge in [0.25, 0.3) is 0 Å². The van der Waals surface area contributed by atoms with Gasteiger partial charge in [0, 0.05) is 30.1 Å². The van der Waals surface area contributed by atoms with Crippen molar-refractivity contribution in [2.45, 2.75) is 38.8 Å². The van der Waals surface area contributed by atoms with Gasteiger partial charge in [0.15, 0.2) is 11.6 Å². The minimum Gasteiger partial charge on any atom is -0.466 e. The lowest BCUT2D eigenvalue weighted by Gasteiger charge is -2.10. The van der Waals surface area contributed by atoms with Crippen LogP contribution in [0.2, 0.25) is 0 Å². The number of esters is 1. The van der Waals surface area contributed by atoms with E-state index in [4.69, 9.17) is 9.47 Å². The number of ether oxygens (including phenoxy) is 2. The molecule has 1 aromatic carbocycles. The van der Waals surface area contributed by atoms with Crippen molar-refractivity contribution >= 4 is 61.5 Å². The normalized spacial score (nSPS) is 12.6. The first-order valence-electron chi connectivity index (χ1n) is 13.7. The van der Waals surface area contributed by atoms with E-state index in [0.717, 1.165) is 23.3 Å². The lowest BCUT2D eigenvalue weighted by Crippen LogP contribution is -2.30. The molecule has 12 nitrogen and oxygen atoms in total. The summed E-state index contributed by atoms with van der Waals surface area (Å²) in [4.78, 5) is 41.4. The lowest BCUT2D eigenvalue weighted by molar-refractivity contribution is -0.142. The molecule has 3 N–H and O–H groups in total. The van der Waals surface area contributed by atoms with Crippen LogP contribution in [0.15, 0.2) is 54.2 Å². The highest BCUT2D eigenvalue weighted by molar-refractivity contribution is 7.22. The first-order valence-corrected chi connectivity index (χ1v) is 15.4. The molecule has 1 aliphatic carbocycles. The highest BCUT2D eigenvalue weighted by Crippen LogP contribution is 2.39. The van der Waals surface area contributed by atoms with Gasteiger partial charge in [-0.1, -0.05) is 5.21 Å². The van der Waals surface area contributed by atoms with Crippen molar-refractivity contribution in [2.24, 2.45) is 0 Å². The van der Waals surface area contributed by atoms with Gasteiger partial charge in [0.2, 0.25) is 5.91 Å². The SMILES string of the molecule is CCOC(=O)Cc1csc(NC(=O)Cn2cc(-c3cc4nccc(Oc5ccc(NC(=O)NC6CC6)cc5F)c4s3)nn2)c1. The number of aromatic nitrogens is 4. The molecular formula is C29H26FN7O5S2. The number of halogens is 1. The summed E-state index contributed by atoms with van der Waals surface area (Å²) in [5.41, 5.74) is 2.24. The maximum absolute atomic E-state index is 14.9. The molecule has 1 aliphatic rings. The standard InChI is InChI=1S/C29H26FN7O5S2/c1-2-41-27(39)10-16-9-26(43-15-16)34-25(38)14-37-13-21(35-36-37)24-12-20-28(44-24)23(7-8-31-20)42-22-6-5-18(11-19(22)30)33-29(40)32-17-3-4-17/h5-9,11-13,15,17H,2-4,10,14H2,1H3,(H,34,38)(H2,32,33,40). The Morgan fingerprint density at radius 3 is 2.77 bits per heavy atom. The second-order valence-corrected chi connectivity index (χ2v) is 11.9. The average molecular weight is 636 g/mol. The van der Waals surface area contributed by atoms with Crippen molar-refractivity contribution in [3.05, 3.63) is 65.6 Å². The van der Waals surface area contributed by atoms with Gasteiger partial charge in [-0.15, -0.1) is 27.8 Å². The topological polar surface area (TPSA) is 149 Å². The van der Waals surface area contributed by atoms with Crippen LogP contribution in [0.3, 0.4) is 0 Å². The molecule has 5 aromatic rings. The number of carbonyl (C=O) groups excluding carboxylic acids is 3. The van der Waals surface area contributed by atoms with Crippen molar-refractivity contribution in [2.75, 3.05) is 17.2 Å². The molecule has 226 valence electrons. The number of carbonyl (C=O) groups is 3. The number of hydrogen-bond donors (Lipinski definition) is 3. The number of urea groups is 1. The van der Waals surface area contributed by atoms with Crippen LogP contribution in [-0.4, -0.2) is 50.5 Å². The number of fused-ring (bicyclic) bond motifs is 1. The zero-order chi connectivity index (χ0) is 30.6. The molecule has 4 heterocycles. The van der Waals surface area contributed by atoms with Crippen LogP contribution < -0.4 is 20.7 Å². The summed E-state index contributed by atoms with van der Waals surface area (Å²) >= 11 is 2.66. The van der Waals surface area contributed by atoms with E-state index in [0.29, 0.717) is 39.0 Å². The summed E-state index contributed by atoms with van der Waals surface area (Å²) in [5, 5.41) is 18.9. The van der Waals surface area contributed by atoms with Crippen molar-refractivity contribution in [3.8, 4) is 22.1 Å². The summed E-state index contributed by atoms with van der Waals surface area (Å²) in [7, 11) is 0. The number of rotatable bonds is 11. The van der Waals surface area contributed by atoms with E-state index in [1.165, 1.54) is 39.5 Å². The smallest absolute Gasteiger partial charge is 0.319 e. The van der Waals surface area contributed by atoms with Gasteiger partial charge in [0.05, 0.1) is 39.3 Å². The molecule has 1 fully saturated rings. The predicted octanol–water partition coefficient (Wildman–Crippen LogP) is 5.58. The molecule has 0 atom stereocenters. The van der Waals surface area contributed by atoms with Crippen LogP contribution in [-0.2, 0) is 27.3 Å². The predicted molar refractivity (Wildman–Crippen MR) is 164 cm³/mol. The fourth-order valence-corrected chi connectivity index (χ4v) is 6.04. The quantitative estimate of drug-likeness (QED) is 0.159. The summed E-state index contributed by atoms with van der Waals surface area (Å²) in [6.07, 6.45) is 5.26. The second kappa shape index (κ2) is 12.8. The molecule has 0 spiro atoms. The largest absolute Gasteiger partial charge is 0.466 e. The van der Waals surface area contributed by atoms with E-state index in [2.05, 4.69) is 31.2 Å². The molecule has 0 bridgehead atoms. The zero-order valence-corrected chi connectivity index (χ0v) is 25.0. The summed E-state index contributed by atoms with van der Waals surface area (Å²) in [5.74, 6) is -0.849. The first kappa shape index (κ1) is 29.2. The van der Waals surface area contributed by atoms with Gasteiger partial charge in [0.1, 0.15) is 18.0 Å². The highest BCUT2D eigenvalue weighted by Gasteiger charge is 2.23. The van der Waals surface area contributed by atoms with Gasteiger partial charge in [-0.2, -0.15) is 0 Å². The van der Waals surface area contributed by atoms with E-state index in [1.54, 1.807) is 42.9 Å². The Kier molecular flexibility index (Phi) is 8.47. The summed E-state index contributed by atoms with van der Waals surface area (Å²) < 4.78 is 27.8. The van der Waals surface area contributed by atoms with Gasteiger partial charge in [-0.25, -0.2) is 13.9 Å². The molecular weight excluding hydrogens is 609 g/mol. The van der Waals surface area contributed by atoms with E-state index in [9.17, 15) is 18.8 Å². The second-order valence-electron chi connectivity index (χ2n) is 9.90. The Morgan fingerprint density at radius 1 is 1.11 bits per heavy atom. The summed E-state index contributed by atoms with van der Waals surface area (Å²) in [6, 6.07) is 9.24. The molecule has 4 aromatic heterocycles. The Labute approximate surface area is 258 Å². The number of hydrogen-bond acceptors (Lipinski definition) is 10. The van der Waals surface area contributed by atoms with E-state index in [1.807, 2.05) is 6.07 Å².